The lowest BCUT2D eigenvalue weighted by Gasteiger charge is -2.70. The number of ether oxygens (including phenoxy) is 1. The van der Waals surface area contributed by atoms with Crippen LogP contribution in [0.5, 0.6) is 0 Å². The van der Waals surface area contributed by atoms with Gasteiger partial charge in [-0.1, -0.05) is 6.92 Å². The Bertz CT molecular complexity index is 647. The van der Waals surface area contributed by atoms with E-state index < -0.39 is 11.5 Å². The van der Waals surface area contributed by atoms with E-state index in [4.69, 9.17) is 27.9 Å². The van der Waals surface area contributed by atoms with E-state index in [0.29, 0.717) is 25.3 Å². The van der Waals surface area contributed by atoms with Crippen LogP contribution in [0, 0.1) is 5.92 Å². The van der Waals surface area contributed by atoms with Crippen LogP contribution in [-0.4, -0.2) is 65.1 Å². The van der Waals surface area contributed by atoms with Crippen molar-refractivity contribution in [1.29, 1.82) is 0 Å². The molecule has 4 aliphatic carbocycles. The number of hydrogen-bond acceptors (Lipinski definition) is 4. The van der Waals surface area contributed by atoms with Gasteiger partial charge in [0.15, 0.2) is 0 Å². The number of carbonyl (C=O) groups is 2. The molecule has 6 unspecified atom stereocenters. The van der Waals surface area contributed by atoms with Crippen molar-refractivity contribution in [2.45, 2.75) is 92.0 Å². The highest BCUT2D eigenvalue weighted by Gasteiger charge is 2.69. The molecule has 5 rings (SSSR count). The summed E-state index contributed by atoms with van der Waals surface area (Å²) in [5, 5.41) is 9.05. The number of carbonyl (C=O) groups excluding carboxylic acids is 2. The smallest absolute Gasteiger partial charge is 0.246 e. The van der Waals surface area contributed by atoms with E-state index in [1.807, 2.05) is 0 Å². The largest absolute Gasteiger partial charge is 0.368 e. The van der Waals surface area contributed by atoms with Crippen LogP contribution in [0.15, 0.2) is 0 Å². The summed E-state index contributed by atoms with van der Waals surface area (Å²) in [6, 6.07) is -0.199. The third kappa shape index (κ3) is 4.53. The molecule has 9 heteroatoms. The average Bonchev–Trinajstić information content (AvgIpc) is 2.62. The van der Waals surface area contributed by atoms with Crippen molar-refractivity contribution >= 4 is 35.0 Å². The minimum atomic E-state index is -1.07. The Morgan fingerprint density at radius 2 is 1.79 bits per heavy atom. The first-order valence-corrected chi connectivity index (χ1v) is 11.5. The van der Waals surface area contributed by atoms with Gasteiger partial charge in [-0.25, -0.2) is 4.39 Å². The fraction of sp³-hybridized carbons (Fsp3) is 0.900. The molecule has 4 saturated carbocycles. The highest BCUT2D eigenvalue weighted by Crippen LogP contribution is 2.60. The fourth-order valence-corrected chi connectivity index (χ4v) is 5.80. The first-order valence-electron chi connectivity index (χ1n) is 10.6. The second-order valence-electron chi connectivity index (χ2n) is 9.60. The Balaban J connectivity index is 1.16. The van der Waals surface area contributed by atoms with E-state index in [-0.39, 0.29) is 53.4 Å². The molecule has 0 radical (unpaired) electrons. The first kappa shape index (κ1) is 21.6. The number of nitrogens with one attached hydrogen (secondary N) is 3. The minimum Gasteiger partial charge on any atom is -0.368 e. The SMILES string of the molecule is CC1CC(C(=O)NC23CC(NC(=O)COC4CCC(Cl)C(F)C4)(C2)C3)NCC1Cl. The molecule has 1 aliphatic heterocycles. The van der Waals surface area contributed by atoms with Crippen molar-refractivity contribution in [2.24, 2.45) is 5.92 Å². The van der Waals surface area contributed by atoms with Crippen LogP contribution in [-0.2, 0) is 14.3 Å². The molecule has 0 aromatic carbocycles. The summed E-state index contributed by atoms with van der Waals surface area (Å²) < 4.78 is 19.2. The van der Waals surface area contributed by atoms with E-state index in [0.717, 1.165) is 25.7 Å². The molecule has 1 heterocycles. The molecule has 5 fully saturated rings. The second kappa shape index (κ2) is 8.13. The van der Waals surface area contributed by atoms with Crippen LogP contribution >= 0.6 is 23.2 Å². The predicted octanol–water partition coefficient (Wildman–Crippen LogP) is 2.01. The van der Waals surface area contributed by atoms with Gasteiger partial charge in [-0.3, -0.25) is 9.59 Å². The number of halogens is 3. The fourth-order valence-electron chi connectivity index (χ4n) is 5.38. The molecule has 0 aromatic heterocycles. The number of rotatable bonds is 6. The maximum absolute atomic E-state index is 13.7. The normalized spacial score (nSPS) is 46.2. The topological polar surface area (TPSA) is 79.5 Å². The summed E-state index contributed by atoms with van der Waals surface area (Å²) in [5.41, 5.74) is -0.410. The zero-order valence-corrected chi connectivity index (χ0v) is 18.2. The summed E-state index contributed by atoms with van der Waals surface area (Å²) in [6.45, 7) is 2.65. The number of amides is 2. The van der Waals surface area contributed by atoms with Crippen molar-refractivity contribution in [3.63, 3.8) is 0 Å². The second-order valence-corrected chi connectivity index (χ2v) is 10.7. The van der Waals surface area contributed by atoms with Crippen LogP contribution in [0.3, 0.4) is 0 Å². The van der Waals surface area contributed by atoms with Gasteiger partial charge < -0.3 is 20.7 Å². The lowest BCUT2D eigenvalue weighted by Crippen LogP contribution is -2.84. The summed E-state index contributed by atoms with van der Waals surface area (Å²) in [7, 11) is 0. The molecule has 5 aliphatic rings. The van der Waals surface area contributed by atoms with Gasteiger partial charge in [-0.05, 0) is 44.4 Å². The van der Waals surface area contributed by atoms with E-state index in [1.165, 1.54) is 0 Å². The molecule has 0 spiro atoms. The minimum absolute atomic E-state index is 0.0269. The Morgan fingerprint density at radius 3 is 2.45 bits per heavy atom. The van der Waals surface area contributed by atoms with Crippen molar-refractivity contribution in [3.8, 4) is 0 Å². The van der Waals surface area contributed by atoms with E-state index >= 15 is 0 Å². The highest BCUT2D eigenvalue weighted by molar-refractivity contribution is 6.21. The monoisotopic (exact) mass is 449 g/mol. The van der Waals surface area contributed by atoms with E-state index in [1.54, 1.807) is 0 Å². The van der Waals surface area contributed by atoms with Crippen LogP contribution in [0.1, 0.15) is 51.9 Å². The van der Waals surface area contributed by atoms with Gasteiger partial charge in [0.05, 0.1) is 17.5 Å². The third-order valence-corrected chi connectivity index (χ3v) is 8.10. The predicted molar refractivity (Wildman–Crippen MR) is 109 cm³/mol. The van der Waals surface area contributed by atoms with Crippen LogP contribution in [0.2, 0.25) is 0 Å². The van der Waals surface area contributed by atoms with Crippen LogP contribution < -0.4 is 16.0 Å². The summed E-state index contributed by atoms with van der Waals surface area (Å²) in [4.78, 5) is 24.8. The molecule has 2 amide bonds. The van der Waals surface area contributed by atoms with Crippen molar-refractivity contribution < 1.29 is 18.7 Å². The Kier molecular flexibility index (Phi) is 6.06. The van der Waals surface area contributed by atoms with Gasteiger partial charge in [-0.15, -0.1) is 23.2 Å². The maximum atomic E-state index is 13.7. The van der Waals surface area contributed by atoms with Gasteiger partial charge in [0.1, 0.15) is 12.8 Å². The molecule has 6 atom stereocenters. The Hall–Kier alpha value is -0.630. The summed E-state index contributed by atoms with van der Waals surface area (Å²) >= 11 is 12.1. The van der Waals surface area contributed by atoms with Gasteiger partial charge >= 0.3 is 0 Å². The summed E-state index contributed by atoms with van der Waals surface area (Å²) in [5.74, 6) is 0.155. The molecule has 2 bridgehead atoms. The molecule has 6 nitrogen and oxygen atoms in total. The first-order chi connectivity index (χ1) is 13.7. The van der Waals surface area contributed by atoms with Gasteiger partial charge in [0.2, 0.25) is 11.8 Å². The lowest BCUT2D eigenvalue weighted by atomic mass is 9.44. The van der Waals surface area contributed by atoms with E-state index in [2.05, 4.69) is 22.9 Å². The van der Waals surface area contributed by atoms with Crippen LogP contribution in [0.25, 0.3) is 0 Å². The summed E-state index contributed by atoms with van der Waals surface area (Å²) in [6.07, 6.45) is 3.17. The number of piperidine rings is 1. The molecule has 3 N–H and O–H groups in total. The zero-order chi connectivity index (χ0) is 20.8. The molecule has 1 saturated heterocycles. The van der Waals surface area contributed by atoms with Crippen LogP contribution in [0.4, 0.5) is 4.39 Å². The maximum Gasteiger partial charge on any atom is 0.246 e. The standard InChI is InChI=1S/C20H30Cl2FN3O3/c1-11-4-16(24-6-14(11)22)18(28)26-20-8-19(9-20,10-20)25-17(27)7-29-12-2-3-13(21)15(23)5-12/h11-16,24H,2-10H2,1H3,(H,25,27)(H,26,28). The molecule has 0 aromatic rings. The highest BCUT2D eigenvalue weighted by atomic mass is 35.5. The van der Waals surface area contributed by atoms with Gasteiger partial charge in [0, 0.05) is 29.4 Å². The van der Waals surface area contributed by atoms with Gasteiger partial charge in [-0.2, -0.15) is 0 Å². The quantitative estimate of drug-likeness (QED) is 0.541. The average molecular weight is 450 g/mol. The van der Waals surface area contributed by atoms with Crippen molar-refractivity contribution in [2.75, 3.05) is 13.2 Å². The molecular weight excluding hydrogens is 420 g/mol. The van der Waals surface area contributed by atoms with Gasteiger partial charge in [0.25, 0.3) is 0 Å². The van der Waals surface area contributed by atoms with Crippen molar-refractivity contribution in [3.05, 3.63) is 0 Å². The Morgan fingerprint density at radius 1 is 1.10 bits per heavy atom. The zero-order valence-electron chi connectivity index (χ0n) is 16.7. The van der Waals surface area contributed by atoms with E-state index in [9.17, 15) is 14.0 Å². The number of hydrogen-bond donors (Lipinski definition) is 3. The molecular formula is C20H30Cl2FN3O3. The number of alkyl halides is 3. The lowest BCUT2D eigenvalue weighted by molar-refractivity contribution is -0.154. The third-order valence-electron chi connectivity index (χ3n) is 7.02. The van der Waals surface area contributed by atoms with Crippen molar-refractivity contribution in [1.82, 2.24) is 16.0 Å². The molecule has 164 valence electrons. The molecule has 29 heavy (non-hydrogen) atoms. The Labute approximate surface area is 181 Å².